The minimum Gasteiger partial charge on any atom is -0.352 e. The second-order valence-electron chi connectivity index (χ2n) is 3.80. The third-order valence-electron chi connectivity index (χ3n) is 2.25. The van der Waals surface area contributed by atoms with Crippen LogP contribution in [0.5, 0.6) is 0 Å². The molecule has 0 bridgehead atoms. The second kappa shape index (κ2) is 7.30. The Morgan fingerprint density at radius 1 is 1.69 bits per heavy atom. The minimum absolute atomic E-state index is 0.000441. The third-order valence-corrected chi connectivity index (χ3v) is 4.28. The summed E-state index contributed by atoms with van der Waals surface area (Å²) in [6.45, 7) is 2.83. The van der Waals surface area contributed by atoms with Gasteiger partial charge in [0, 0.05) is 17.8 Å². The summed E-state index contributed by atoms with van der Waals surface area (Å²) in [7, 11) is 0. The fourth-order valence-corrected chi connectivity index (χ4v) is 2.55. The fourth-order valence-electron chi connectivity index (χ4n) is 1.26. The molecule has 0 saturated heterocycles. The number of rotatable bonds is 6. The summed E-state index contributed by atoms with van der Waals surface area (Å²) in [5, 5.41) is 4.74. The van der Waals surface area contributed by atoms with Crippen LogP contribution in [0.25, 0.3) is 0 Å². The molecule has 1 aromatic rings. The van der Waals surface area contributed by atoms with E-state index in [1.54, 1.807) is 0 Å². The van der Waals surface area contributed by atoms with Gasteiger partial charge in [0.2, 0.25) is 0 Å². The van der Waals surface area contributed by atoms with Crippen LogP contribution in [0.4, 0.5) is 0 Å². The number of carbonyl (C=O) groups is 1. The molecule has 0 aliphatic rings. The van der Waals surface area contributed by atoms with Crippen LogP contribution >= 0.6 is 38.9 Å². The van der Waals surface area contributed by atoms with Gasteiger partial charge >= 0.3 is 0 Å². The Balaban J connectivity index is 2.21. The van der Waals surface area contributed by atoms with E-state index in [2.05, 4.69) is 28.2 Å². The maximum absolute atomic E-state index is 11.6. The molecule has 0 spiro atoms. The van der Waals surface area contributed by atoms with E-state index in [4.69, 9.17) is 11.6 Å². The first-order valence-corrected chi connectivity index (χ1v) is 7.42. The molecule has 0 aliphatic heterocycles. The topological polar surface area (TPSA) is 29.1 Å². The molecule has 1 heterocycles. The van der Waals surface area contributed by atoms with Gasteiger partial charge in [0.25, 0.3) is 5.91 Å². The van der Waals surface area contributed by atoms with Crippen molar-refractivity contribution in [3.8, 4) is 0 Å². The van der Waals surface area contributed by atoms with Crippen LogP contribution in [0.1, 0.15) is 30.1 Å². The van der Waals surface area contributed by atoms with Gasteiger partial charge in [-0.1, -0.05) is 6.92 Å². The molecular formula is C11H15BrClNOS. The van der Waals surface area contributed by atoms with E-state index >= 15 is 0 Å². The molecule has 0 radical (unpaired) electrons. The molecule has 16 heavy (non-hydrogen) atoms. The number of alkyl halides is 1. The predicted molar refractivity (Wildman–Crippen MR) is 73.5 cm³/mol. The van der Waals surface area contributed by atoms with Gasteiger partial charge in [0.15, 0.2) is 0 Å². The van der Waals surface area contributed by atoms with E-state index in [1.807, 2.05) is 11.4 Å². The van der Waals surface area contributed by atoms with E-state index in [0.717, 1.165) is 22.2 Å². The predicted octanol–water partition coefficient (Wildman–Crippen LogP) is 3.90. The highest BCUT2D eigenvalue weighted by molar-refractivity contribution is 9.11. The van der Waals surface area contributed by atoms with Crippen LogP contribution in [0.15, 0.2) is 15.2 Å². The maximum Gasteiger partial charge on any atom is 0.252 e. The Hall–Kier alpha value is -0.0600. The average molecular weight is 325 g/mol. The van der Waals surface area contributed by atoms with Crippen LogP contribution in [0.3, 0.4) is 0 Å². The van der Waals surface area contributed by atoms with Crippen LogP contribution in [0, 0.1) is 5.92 Å². The zero-order valence-corrected chi connectivity index (χ0v) is 12.3. The van der Waals surface area contributed by atoms with Gasteiger partial charge in [-0.15, -0.1) is 22.9 Å². The highest BCUT2D eigenvalue weighted by atomic mass is 79.9. The van der Waals surface area contributed by atoms with Crippen molar-refractivity contribution in [1.29, 1.82) is 0 Å². The zero-order valence-electron chi connectivity index (χ0n) is 9.13. The van der Waals surface area contributed by atoms with Gasteiger partial charge in [0.05, 0.1) is 9.35 Å². The number of carbonyl (C=O) groups excluding carboxylic acids is 1. The summed E-state index contributed by atoms with van der Waals surface area (Å²) in [6, 6.07) is 1.83. The van der Waals surface area contributed by atoms with Crippen molar-refractivity contribution in [1.82, 2.24) is 5.32 Å². The zero-order chi connectivity index (χ0) is 12.0. The highest BCUT2D eigenvalue weighted by Crippen LogP contribution is 2.20. The molecule has 0 saturated carbocycles. The molecule has 2 nitrogen and oxygen atoms in total. The lowest BCUT2D eigenvalue weighted by Crippen LogP contribution is -2.24. The smallest absolute Gasteiger partial charge is 0.252 e. The molecule has 1 rings (SSSR count). The van der Waals surface area contributed by atoms with Crippen molar-refractivity contribution in [3.05, 3.63) is 20.8 Å². The van der Waals surface area contributed by atoms with Crippen molar-refractivity contribution in [2.45, 2.75) is 19.8 Å². The quantitative estimate of drug-likeness (QED) is 0.624. The molecule has 5 heteroatoms. The lowest BCUT2D eigenvalue weighted by atomic mass is 10.1. The Kier molecular flexibility index (Phi) is 6.39. The van der Waals surface area contributed by atoms with E-state index in [9.17, 15) is 4.79 Å². The number of thiophene rings is 1. The van der Waals surface area contributed by atoms with Gasteiger partial charge in [-0.2, -0.15) is 0 Å². The van der Waals surface area contributed by atoms with Crippen LogP contribution < -0.4 is 5.32 Å². The highest BCUT2D eigenvalue weighted by Gasteiger charge is 2.07. The van der Waals surface area contributed by atoms with Crippen molar-refractivity contribution < 1.29 is 4.79 Å². The lowest BCUT2D eigenvalue weighted by Gasteiger charge is -2.07. The summed E-state index contributed by atoms with van der Waals surface area (Å²) in [5.74, 6) is 1.21. The third kappa shape index (κ3) is 4.85. The fraction of sp³-hybridized carbons (Fsp3) is 0.545. The van der Waals surface area contributed by atoms with Gasteiger partial charge in [0.1, 0.15) is 0 Å². The van der Waals surface area contributed by atoms with Crippen molar-refractivity contribution in [2.75, 3.05) is 12.4 Å². The second-order valence-corrected chi connectivity index (χ2v) is 6.40. The largest absolute Gasteiger partial charge is 0.352 e. The lowest BCUT2D eigenvalue weighted by molar-refractivity contribution is 0.0953. The summed E-state index contributed by atoms with van der Waals surface area (Å²) >= 11 is 10.6. The molecule has 1 unspecified atom stereocenters. The number of nitrogens with one attached hydrogen (secondary N) is 1. The molecule has 90 valence electrons. The molecule has 0 fully saturated rings. The van der Waals surface area contributed by atoms with E-state index in [0.29, 0.717) is 18.3 Å². The Labute approximate surface area is 114 Å². The summed E-state index contributed by atoms with van der Waals surface area (Å²) in [5.41, 5.74) is 0.724. The van der Waals surface area contributed by atoms with Gasteiger partial charge in [-0.3, -0.25) is 4.79 Å². The first kappa shape index (κ1) is 14.0. The minimum atomic E-state index is 0.000441. The average Bonchev–Trinajstić information content (AvgIpc) is 2.70. The summed E-state index contributed by atoms with van der Waals surface area (Å²) in [6.07, 6.45) is 2.03. The molecule has 1 atom stereocenters. The molecule has 1 N–H and O–H groups in total. The van der Waals surface area contributed by atoms with Crippen LogP contribution in [0.2, 0.25) is 0 Å². The number of hydrogen-bond donors (Lipinski definition) is 1. The Morgan fingerprint density at radius 3 is 3.00 bits per heavy atom. The van der Waals surface area contributed by atoms with Crippen LogP contribution in [-0.2, 0) is 0 Å². The Morgan fingerprint density at radius 2 is 2.44 bits per heavy atom. The Bertz CT molecular complexity index is 342. The first-order chi connectivity index (χ1) is 7.63. The normalized spacial score (nSPS) is 12.4. The van der Waals surface area contributed by atoms with Crippen LogP contribution in [-0.4, -0.2) is 18.3 Å². The summed E-state index contributed by atoms with van der Waals surface area (Å²) in [4.78, 5) is 11.6. The van der Waals surface area contributed by atoms with E-state index < -0.39 is 0 Å². The molecule has 0 aromatic carbocycles. The molecule has 1 amide bonds. The standard InChI is InChI=1S/C11H15BrClNOS/c1-8(6-13)3-2-4-14-11(15)9-5-10(12)16-7-9/h5,7-8H,2-4,6H2,1H3,(H,14,15). The number of amides is 1. The molecule has 0 aliphatic carbocycles. The van der Waals surface area contributed by atoms with Crippen molar-refractivity contribution in [2.24, 2.45) is 5.92 Å². The first-order valence-electron chi connectivity index (χ1n) is 5.21. The SMILES string of the molecule is CC(CCl)CCCNC(=O)c1csc(Br)c1. The van der Waals surface area contributed by atoms with Gasteiger partial charge < -0.3 is 5.32 Å². The van der Waals surface area contributed by atoms with Gasteiger partial charge in [-0.05, 0) is 40.8 Å². The molecule has 1 aromatic heterocycles. The van der Waals surface area contributed by atoms with Gasteiger partial charge in [-0.25, -0.2) is 0 Å². The van der Waals surface area contributed by atoms with E-state index in [-0.39, 0.29) is 5.91 Å². The number of halogens is 2. The van der Waals surface area contributed by atoms with E-state index in [1.165, 1.54) is 11.3 Å². The maximum atomic E-state index is 11.6. The monoisotopic (exact) mass is 323 g/mol. The molecular weight excluding hydrogens is 310 g/mol. The number of hydrogen-bond acceptors (Lipinski definition) is 2. The summed E-state index contributed by atoms with van der Waals surface area (Å²) < 4.78 is 0.980. The van der Waals surface area contributed by atoms with Crippen molar-refractivity contribution >= 4 is 44.8 Å². The van der Waals surface area contributed by atoms with Crippen molar-refractivity contribution in [3.63, 3.8) is 0 Å².